The summed E-state index contributed by atoms with van der Waals surface area (Å²) in [7, 11) is 0. The zero-order valence-corrected chi connectivity index (χ0v) is 10.1. The van der Waals surface area contributed by atoms with Gasteiger partial charge in [0.25, 0.3) is 0 Å². The second-order valence-electron chi connectivity index (χ2n) is 3.65. The van der Waals surface area contributed by atoms with Crippen molar-refractivity contribution in [2.45, 2.75) is 0 Å². The van der Waals surface area contributed by atoms with Crippen LogP contribution in [0.1, 0.15) is 10.4 Å². The summed E-state index contributed by atoms with van der Waals surface area (Å²) in [5.74, 6) is 0.435. The van der Waals surface area contributed by atoms with Gasteiger partial charge in [-0.3, -0.25) is 4.79 Å². The van der Waals surface area contributed by atoms with Crippen molar-refractivity contribution in [1.29, 1.82) is 0 Å². The van der Waals surface area contributed by atoms with Gasteiger partial charge in [-0.1, -0.05) is 17.7 Å². The summed E-state index contributed by atoms with van der Waals surface area (Å²) in [4.78, 5) is 10.9. The highest BCUT2D eigenvalue weighted by Crippen LogP contribution is 2.34. The lowest BCUT2D eigenvalue weighted by atomic mass is 10.2. The van der Waals surface area contributed by atoms with Crippen molar-refractivity contribution in [2.75, 3.05) is 5.73 Å². The molecule has 2 rings (SSSR count). The molecule has 0 heterocycles. The lowest BCUT2D eigenvalue weighted by Gasteiger charge is -2.10. The number of nitrogens with two attached hydrogens (primary N) is 2. The third-order valence-corrected chi connectivity index (χ3v) is 2.65. The molecule has 0 radical (unpaired) electrons. The third kappa shape index (κ3) is 2.55. The van der Waals surface area contributed by atoms with Crippen LogP contribution in [0, 0.1) is 0 Å². The number of ether oxygens (including phenoxy) is 1. The maximum absolute atomic E-state index is 10.9. The monoisotopic (exact) mass is 262 g/mol. The maximum atomic E-state index is 10.9. The quantitative estimate of drug-likeness (QED) is 0.835. The van der Waals surface area contributed by atoms with Gasteiger partial charge in [0.1, 0.15) is 5.75 Å². The number of hydrogen-bond acceptors (Lipinski definition) is 3. The highest BCUT2D eigenvalue weighted by Gasteiger charge is 2.07. The molecule has 0 aliphatic rings. The van der Waals surface area contributed by atoms with E-state index in [1.807, 2.05) is 0 Å². The van der Waals surface area contributed by atoms with Crippen molar-refractivity contribution in [3.8, 4) is 11.5 Å². The zero-order valence-electron chi connectivity index (χ0n) is 9.39. The molecule has 0 fully saturated rings. The van der Waals surface area contributed by atoms with Gasteiger partial charge in [-0.2, -0.15) is 0 Å². The van der Waals surface area contributed by atoms with E-state index >= 15 is 0 Å². The fourth-order valence-corrected chi connectivity index (χ4v) is 1.66. The number of carbonyl (C=O) groups is 1. The Hall–Kier alpha value is -2.20. The van der Waals surface area contributed by atoms with E-state index in [2.05, 4.69) is 0 Å². The summed E-state index contributed by atoms with van der Waals surface area (Å²) in [5.41, 5.74) is 11.8. The van der Waals surface area contributed by atoms with Gasteiger partial charge in [0, 0.05) is 5.56 Å². The molecule has 1 amide bonds. The van der Waals surface area contributed by atoms with Crippen LogP contribution >= 0.6 is 11.6 Å². The summed E-state index contributed by atoms with van der Waals surface area (Å²) < 4.78 is 5.57. The molecule has 0 saturated heterocycles. The Morgan fingerprint density at radius 3 is 2.33 bits per heavy atom. The average molecular weight is 263 g/mol. The third-order valence-electron chi connectivity index (χ3n) is 2.36. The van der Waals surface area contributed by atoms with E-state index in [1.54, 1.807) is 42.5 Å². The van der Waals surface area contributed by atoms with Crippen LogP contribution in [0.3, 0.4) is 0 Å². The Labute approximate surface area is 109 Å². The number of amides is 1. The molecule has 2 aromatic rings. The summed E-state index contributed by atoms with van der Waals surface area (Å²) in [5, 5.41) is 0.425. The van der Waals surface area contributed by atoms with Crippen molar-refractivity contribution in [1.82, 2.24) is 0 Å². The van der Waals surface area contributed by atoms with Gasteiger partial charge in [-0.25, -0.2) is 0 Å². The van der Waals surface area contributed by atoms with Crippen LogP contribution in [0.5, 0.6) is 11.5 Å². The molecule has 0 unspecified atom stereocenters. The van der Waals surface area contributed by atoms with Gasteiger partial charge in [0.05, 0.1) is 10.7 Å². The predicted octanol–water partition coefficient (Wildman–Crippen LogP) is 2.81. The molecular weight excluding hydrogens is 252 g/mol. The molecule has 18 heavy (non-hydrogen) atoms. The molecule has 4 nitrogen and oxygen atoms in total. The van der Waals surface area contributed by atoms with Crippen molar-refractivity contribution in [3.63, 3.8) is 0 Å². The number of benzene rings is 2. The van der Waals surface area contributed by atoms with Gasteiger partial charge in [0.2, 0.25) is 5.91 Å². The van der Waals surface area contributed by atoms with Crippen molar-refractivity contribution < 1.29 is 9.53 Å². The summed E-state index contributed by atoms with van der Waals surface area (Å²) >= 11 is 5.98. The van der Waals surface area contributed by atoms with Crippen LogP contribution in [0.25, 0.3) is 0 Å². The maximum Gasteiger partial charge on any atom is 0.248 e. The van der Waals surface area contributed by atoms with E-state index in [4.69, 9.17) is 27.8 Å². The largest absolute Gasteiger partial charge is 0.454 e. The van der Waals surface area contributed by atoms with E-state index in [9.17, 15) is 4.79 Å². The molecule has 0 aliphatic carbocycles. The molecule has 0 saturated carbocycles. The summed E-state index contributed by atoms with van der Waals surface area (Å²) in [6.45, 7) is 0. The molecule has 4 N–H and O–H groups in total. The average Bonchev–Trinajstić information content (AvgIpc) is 2.34. The van der Waals surface area contributed by atoms with Crippen LogP contribution in [-0.2, 0) is 0 Å². The van der Waals surface area contributed by atoms with Crippen LogP contribution in [0.15, 0.2) is 42.5 Å². The zero-order chi connectivity index (χ0) is 13.1. The molecule has 0 bridgehead atoms. The van der Waals surface area contributed by atoms with Gasteiger partial charge in [0.15, 0.2) is 5.75 Å². The first-order valence-electron chi connectivity index (χ1n) is 5.19. The topological polar surface area (TPSA) is 78.3 Å². The van der Waals surface area contributed by atoms with E-state index in [1.165, 1.54) is 0 Å². The van der Waals surface area contributed by atoms with Crippen molar-refractivity contribution in [2.24, 2.45) is 5.73 Å². The molecule has 0 atom stereocenters. The van der Waals surface area contributed by atoms with Crippen molar-refractivity contribution in [3.05, 3.63) is 53.1 Å². The van der Waals surface area contributed by atoms with Crippen LogP contribution in [0.2, 0.25) is 5.02 Å². The Bertz CT molecular complexity index is 562. The number of hydrogen-bond donors (Lipinski definition) is 2. The first kappa shape index (κ1) is 12.3. The number of carbonyl (C=O) groups excluding carboxylic acids is 1. The number of rotatable bonds is 3. The standard InChI is InChI=1S/C13H11ClN2O2/c14-10-2-1-3-11(15)12(10)18-9-6-4-8(5-7-9)13(16)17/h1-7H,15H2,(H2,16,17). The van der Waals surface area contributed by atoms with E-state index < -0.39 is 5.91 Å². The minimum absolute atomic E-state index is 0.394. The number of nitrogen functional groups attached to an aromatic ring is 1. The van der Waals surface area contributed by atoms with Gasteiger partial charge in [-0.05, 0) is 36.4 Å². The molecule has 92 valence electrons. The highest BCUT2D eigenvalue weighted by atomic mass is 35.5. The summed E-state index contributed by atoms with van der Waals surface area (Å²) in [6, 6.07) is 11.5. The molecule has 0 aliphatic heterocycles. The lowest BCUT2D eigenvalue weighted by Crippen LogP contribution is -2.10. The number of anilines is 1. The second kappa shape index (κ2) is 4.98. The molecular formula is C13H11ClN2O2. The number of halogens is 1. The fourth-order valence-electron chi connectivity index (χ4n) is 1.44. The Kier molecular flexibility index (Phi) is 3.39. The molecule has 5 heteroatoms. The fraction of sp³-hybridized carbons (Fsp3) is 0. The highest BCUT2D eigenvalue weighted by molar-refractivity contribution is 6.32. The second-order valence-corrected chi connectivity index (χ2v) is 4.06. The van der Waals surface area contributed by atoms with Gasteiger partial charge >= 0.3 is 0 Å². The first-order chi connectivity index (χ1) is 8.58. The van der Waals surface area contributed by atoms with Gasteiger partial charge in [-0.15, -0.1) is 0 Å². The van der Waals surface area contributed by atoms with Crippen LogP contribution in [0.4, 0.5) is 5.69 Å². The minimum Gasteiger partial charge on any atom is -0.454 e. The normalized spacial score (nSPS) is 10.1. The Balaban J connectivity index is 2.26. The van der Waals surface area contributed by atoms with E-state index in [-0.39, 0.29) is 0 Å². The Morgan fingerprint density at radius 2 is 1.78 bits per heavy atom. The summed E-state index contributed by atoms with van der Waals surface area (Å²) in [6.07, 6.45) is 0. The van der Waals surface area contributed by atoms with E-state index in [0.29, 0.717) is 27.8 Å². The number of para-hydroxylation sites is 1. The van der Waals surface area contributed by atoms with Crippen LogP contribution < -0.4 is 16.2 Å². The molecule has 0 aromatic heterocycles. The molecule has 2 aromatic carbocycles. The smallest absolute Gasteiger partial charge is 0.248 e. The molecule has 0 spiro atoms. The minimum atomic E-state index is -0.487. The van der Waals surface area contributed by atoms with Crippen molar-refractivity contribution >= 4 is 23.2 Å². The predicted molar refractivity (Wildman–Crippen MR) is 70.9 cm³/mol. The SMILES string of the molecule is NC(=O)c1ccc(Oc2c(N)cccc2Cl)cc1. The lowest BCUT2D eigenvalue weighted by molar-refractivity contribution is 0.100. The van der Waals surface area contributed by atoms with E-state index in [0.717, 1.165) is 0 Å². The van der Waals surface area contributed by atoms with Gasteiger partial charge < -0.3 is 16.2 Å². The first-order valence-corrected chi connectivity index (χ1v) is 5.57. The Morgan fingerprint density at radius 1 is 1.11 bits per heavy atom. The van der Waals surface area contributed by atoms with Crippen LogP contribution in [-0.4, -0.2) is 5.91 Å². The number of primary amides is 1.